The molecular weight excluding hydrogens is 724 g/mol. The maximum atomic E-state index is 13.9. The average Bonchev–Trinajstić information content (AvgIpc) is 3.62. The molecule has 2 aliphatic heterocycles. The SMILES string of the molecule is NC(CCC(=O)OCc1ccc([N+](=O)[O-])cc1)C(=O)N1CCN(C(=O)[C@@H]2C[C@H](SC(=O)c3ccccc3)CN2C(=O)OCc2ccc([N+](=O)[O-])cc2)CC1. The van der Waals surface area contributed by atoms with E-state index >= 15 is 0 Å². The van der Waals surface area contributed by atoms with E-state index in [4.69, 9.17) is 15.2 Å². The van der Waals surface area contributed by atoms with Crippen LogP contribution in [0, 0.1) is 20.2 Å². The van der Waals surface area contributed by atoms with Crippen LogP contribution in [-0.2, 0) is 37.1 Å². The molecule has 18 heteroatoms. The lowest BCUT2D eigenvalue weighted by Gasteiger charge is -2.38. The fraction of sp³-hybridized carbons (Fsp3) is 0.361. The molecule has 0 spiro atoms. The van der Waals surface area contributed by atoms with Crippen molar-refractivity contribution in [2.75, 3.05) is 32.7 Å². The number of nitrogens with two attached hydrogens (primary N) is 1. The quantitative estimate of drug-likeness (QED) is 0.149. The van der Waals surface area contributed by atoms with Crippen molar-refractivity contribution in [1.29, 1.82) is 0 Å². The van der Waals surface area contributed by atoms with Crippen LogP contribution in [0.1, 0.15) is 40.7 Å². The number of piperazine rings is 1. The van der Waals surface area contributed by atoms with Crippen LogP contribution in [0.15, 0.2) is 78.9 Å². The fourth-order valence-corrected chi connectivity index (χ4v) is 7.08. The van der Waals surface area contributed by atoms with Crippen molar-refractivity contribution in [3.8, 4) is 0 Å². The van der Waals surface area contributed by atoms with Gasteiger partial charge in [-0.05, 0) is 48.2 Å². The predicted molar refractivity (Wildman–Crippen MR) is 194 cm³/mol. The van der Waals surface area contributed by atoms with E-state index in [1.807, 2.05) is 0 Å². The van der Waals surface area contributed by atoms with Crippen molar-refractivity contribution in [3.63, 3.8) is 0 Å². The normalized spacial score (nSPS) is 17.4. The molecule has 54 heavy (non-hydrogen) atoms. The zero-order valence-electron chi connectivity index (χ0n) is 29.0. The van der Waals surface area contributed by atoms with Crippen molar-refractivity contribution in [1.82, 2.24) is 14.7 Å². The maximum absolute atomic E-state index is 13.9. The summed E-state index contributed by atoms with van der Waals surface area (Å²) in [6.45, 7) is 0.468. The van der Waals surface area contributed by atoms with Crippen LogP contribution in [0.4, 0.5) is 16.2 Å². The first-order chi connectivity index (χ1) is 25.9. The minimum atomic E-state index is -0.991. The molecule has 3 aromatic carbocycles. The molecule has 0 aliphatic carbocycles. The van der Waals surface area contributed by atoms with Gasteiger partial charge in [0.1, 0.15) is 19.3 Å². The van der Waals surface area contributed by atoms with Gasteiger partial charge in [0, 0.05) is 74.2 Å². The highest BCUT2D eigenvalue weighted by Gasteiger charge is 2.44. The number of rotatable bonds is 13. The summed E-state index contributed by atoms with van der Waals surface area (Å²) in [6, 6.07) is 17.8. The first kappa shape index (κ1) is 39.3. The topological polar surface area (TPSA) is 226 Å². The number of ether oxygens (including phenoxy) is 2. The van der Waals surface area contributed by atoms with E-state index in [0.29, 0.717) is 16.7 Å². The monoisotopic (exact) mass is 762 g/mol. The van der Waals surface area contributed by atoms with Gasteiger partial charge in [-0.3, -0.25) is 44.3 Å². The second-order valence-electron chi connectivity index (χ2n) is 12.7. The van der Waals surface area contributed by atoms with Gasteiger partial charge in [0.15, 0.2) is 0 Å². The van der Waals surface area contributed by atoms with Crippen LogP contribution in [-0.4, -0.2) is 104 Å². The van der Waals surface area contributed by atoms with Crippen LogP contribution < -0.4 is 5.73 Å². The molecule has 2 heterocycles. The Kier molecular flexibility index (Phi) is 13.3. The van der Waals surface area contributed by atoms with Gasteiger partial charge in [0.2, 0.25) is 16.9 Å². The molecule has 0 aromatic heterocycles. The lowest BCUT2D eigenvalue weighted by molar-refractivity contribution is -0.385. The highest BCUT2D eigenvalue weighted by atomic mass is 32.2. The fourth-order valence-electron chi connectivity index (χ4n) is 5.99. The van der Waals surface area contributed by atoms with Crippen molar-refractivity contribution in [2.45, 2.75) is 49.8 Å². The zero-order chi connectivity index (χ0) is 38.8. The van der Waals surface area contributed by atoms with E-state index in [1.165, 1.54) is 58.3 Å². The standard InChI is InChI=1S/C36H38N6O11S/c37-30(14-15-32(43)52-22-24-6-10-27(11-7-24)41(48)49)33(44)38-16-18-39(19-17-38)34(45)31-20-29(54-35(46)26-4-2-1-3-5-26)21-40(31)36(47)53-23-25-8-12-28(13-9-25)42(50)51/h1-13,29-31H,14-23,37H2/t29-,30?,31-/m0/s1. The molecule has 17 nitrogen and oxygen atoms in total. The van der Waals surface area contributed by atoms with E-state index in [2.05, 4.69) is 0 Å². The molecule has 5 rings (SSSR count). The third kappa shape index (κ3) is 10.4. The molecular formula is C36H38N6O11S. The van der Waals surface area contributed by atoms with Gasteiger partial charge in [-0.15, -0.1) is 0 Å². The van der Waals surface area contributed by atoms with Crippen molar-refractivity contribution >= 4 is 52.1 Å². The molecule has 2 N–H and O–H groups in total. The van der Waals surface area contributed by atoms with Gasteiger partial charge < -0.3 is 25.0 Å². The molecule has 0 bridgehead atoms. The second-order valence-corrected chi connectivity index (χ2v) is 13.9. The minimum absolute atomic E-state index is 0.0247. The van der Waals surface area contributed by atoms with Crippen LogP contribution in [0.5, 0.6) is 0 Å². The summed E-state index contributed by atoms with van der Waals surface area (Å²) in [5, 5.41) is 21.2. The number of amides is 3. The molecule has 2 aliphatic rings. The number of hydrogen-bond donors (Lipinski definition) is 1. The number of likely N-dealkylation sites (tertiary alicyclic amines) is 1. The Morgan fingerprint density at radius 3 is 1.87 bits per heavy atom. The Morgan fingerprint density at radius 1 is 0.778 bits per heavy atom. The van der Waals surface area contributed by atoms with E-state index < -0.39 is 45.1 Å². The summed E-state index contributed by atoms with van der Waals surface area (Å²) in [6.07, 6.45) is -0.675. The zero-order valence-corrected chi connectivity index (χ0v) is 29.8. The number of hydrogen-bond acceptors (Lipinski definition) is 13. The van der Waals surface area contributed by atoms with E-state index in [1.54, 1.807) is 35.2 Å². The van der Waals surface area contributed by atoms with Gasteiger partial charge in [-0.25, -0.2) is 4.79 Å². The summed E-state index contributed by atoms with van der Waals surface area (Å²) in [5.41, 5.74) is 7.49. The van der Waals surface area contributed by atoms with Crippen LogP contribution in [0.2, 0.25) is 0 Å². The maximum Gasteiger partial charge on any atom is 0.410 e. The number of nitro benzene ring substituents is 2. The lowest BCUT2D eigenvalue weighted by atomic mass is 10.1. The third-order valence-electron chi connectivity index (χ3n) is 9.00. The number of carbonyl (C=O) groups is 5. The second kappa shape index (κ2) is 18.2. The highest BCUT2D eigenvalue weighted by molar-refractivity contribution is 8.14. The largest absolute Gasteiger partial charge is 0.461 e. The molecule has 3 amide bonds. The molecule has 2 fully saturated rings. The van der Waals surface area contributed by atoms with E-state index in [0.717, 1.165) is 11.8 Å². The molecule has 284 valence electrons. The molecule has 3 aromatic rings. The summed E-state index contributed by atoms with van der Waals surface area (Å²) < 4.78 is 10.7. The molecule has 3 atom stereocenters. The summed E-state index contributed by atoms with van der Waals surface area (Å²) in [7, 11) is 0. The Labute approximate surface area is 313 Å². The van der Waals surface area contributed by atoms with Crippen molar-refractivity contribution in [2.24, 2.45) is 5.73 Å². The van der Waals surface area contributed by atoms with Gasteiger partial charge in [-0.2, -0.15) is 0 Å². The van der Waals surface area contributed by atoms with Crippen molar-refractivity contribution < 1.29 is 43.3 Å². The van der Waals surface area contributed by atoms with Crippen LogP contribution in [0.25, 0.3) is 0 Å². The van der Waals surface area contributed by atoms with Crippen LogP contribution in [0.3, 0.4) is 0 Å². The number of esters is 1. The van der Waals surface area contributed by atoms with Gasteiger partial charge >= 0.3 is 12.1 Å². The molecule has 0 saturated carbocycles. The summed E-state index contributed by atoms with van der Waals surface area (Å²) in [5.74, 6) is -1.33. The Morgan fingerprint density at radius 2 is 1.31 bits per heavy atom. The van der Waals surface area contributed by atoms with Crippen LogP contribution >= 0.6 is 11.8 Å². The number of nitrogens with zero attached hydrogens (tertiary/aromatic N) is 5. The van der Waals surface area contributed by atoms with E-state index in [9.17, 15) is 44.2 Å². The Balaban J connectivity index is 1.13. The van der Waals surface area contributed by atoms with Crippen molar-refractivity contribution in [3.05, 3.63) is 116 Å². The third-order valence-corrected chi connectivity index (χ3v) is 10.1. The lowest BCUT2D eigenvalue weighted by Crippen LogP contribution is -2.57. The predicted octanol–water partition coefficient (Wildman–Crippen LogP) is 3.68. The highest BCUT2D eigenvalue weighted by Crippen LogP contribution is 2.32. The summed E-state index contributed by atoms with van der Waals surface area (Å²) in [4.78, 5) is 90.7. The Bertz CT molecular complexity index is 1850. The first-order valence-electron chi connectivity index (χ1n) is 17.0. The van der Waals surface area contributed by atoms with Gasteiger partial charge in [0.05, 0.1) is 15.9 Å². The summed E-state index contributed by atoms with van der Waals surface area (Å²) >= 11 is 1.04. The number of benzene rings is 3. The number of carbonyl (C=O) groups excluding carboxylic acids is 5. The average molecular weight is 763 g/mol. The van der Waals surface area contributed by atoms with E-state index in [-0.39, 0.29) is 87.6 Å². The smallest absolute Gasteiger partial charge is 0.410 e. The molecule has 2 saturated heterocycles. The first-order valence-corrected chi connectivity index (χ1v) is 17.9. The number of nitro groups is 2. The molecule has 0 radical (unpaired) electrons. The Hall–Kier alpha value is -5.88. The number of thioether (sulfide) groups is 1. The minimum Gasteiger partial charge on any atom is -0.461 e. The molecule has 1 unspecified atom stereocenters. The van der Waals surface area contributed by atoms with Gasteiger partial charge in [-0.1, -0.05) is 42.1 Å². The number of non-ortho nitro benzene ring substituents is 2. The van der Waals surface area contributed by atoms with Gasteiger partial charge in [0.25, 0.3) is 11.4 Å².